The van der Waals surface area contributed by atoms with Crippen molar-refractivity contribution in [1.29, 1.82) is 0 Å². The molecule has 0 spiro atoms. The molecule has 5 heteroatoms. The molecule has 0 saturated heterocycles. The third-order valence-corrected chi connectivity index (χ3v) is 2.70. The fourth-order valence-electron chi connectivity index (χ4n) is 1.47. The van der Waals surface area contributed by atoms with Gasteiger partial charge >= 0.3 is 0 Å². The summed E-state index contributed by atoms with van der Waals surface area (Å²) in [6, 6.07) is 4.13. The maximum atomic E-state index is 12.9. The van der Waals surface area contributed by atoms with Crippen molar-refractivity contribution in [3.8, 4) is 0 Å². The molecule has 2 N–H and O–H groups in total. The summed E-state index contributed by atoms with van der Waals surface area (Å²) in [4.78, 5) is 11.3. The van der Waals surface area contributed by atoms with E-state index in [9.17, 15) is 9.18 Å². The Morgan fingerprint density at radius 3 is 2.82 bits per heavy atom. The number of carbonyl (C=O) groups excluding carboxylic acids is 1. The van der Waals surface area contributed by atoms with Crippen LogP contribution in [0.25, 0.3) is 0 Å². The van der Waals surface area contributed by atoms with E-state index in [-0.39, 0.29) is 24.3 Å². The molecular weight excluding hydrogens is 243 g/mol. The minimum atomic E-state index is -0.366. The first-order chi connectivity index (χ1) is 8.04. The second kappa shape index (κ2) is 6.57. The molecule has 0 heterocycles. The number of benzene rings is 1. The van der Waals surface area contributed by atoms with Gasteiger partial charge in [0.15, 0.2) is 0 Å². The van der Waals surface area contributed by atoms with Gasteiger partial charge in [0, 0.05) is 17.6 Å². The Kier molecular flexibility index (Phi) is 5.38. The fourth-order valence-corrected chi connectivity index (χ4v) is 1.80. The summed E-state index contributed by atoms with van der Waals surface area (Å²) in [5.74, 6) is -0.438. The summed E-state index contributed by atoms with van der Waals surface area (Å²) in [5.41, 5.74) is 0.775. The average Bonchev–Trinajstić information content (AvgIpc) is 2.26. The highest BCUT2D eigenvalue weighted by Gasteiger charge is 2.11. The molecule has 0 radical (unpaired) electrons. The lowest BCUT2D eigenvalue weighted by Gasteiger charge is -2.15. The van der Waals surface area contributed by atoms with Gasteiger partial charge in [-0.1, -0.05) is 17.7 Å². The number of amides is 1. The van der Waals surface area contributed by atoms with E-state index in [2.05, 4.69) is 10.6 Å². The van der Waals surface area contributed by atoms with Crippen molar-refractivity contribution < 1.29 is 9.18 Å². The van der Waals surface area contributed by atoms with Crippen LogP contribution in [0.1, 0.15) is 25.5 Å². The van der Waals surface area contributed by atoms with Crippen LogP contribution < -0.4 is 10.6 Å². The third-order valence-electron chi connectivity index (χ3n) is 2.37. The Morgan fingerprint density at radius 1 is 1.53 bits per heavy atom. The summed E-state index contributed by atoms with van der Waals surface area (Å²) in [7, 11) is 0. The zero-order valence-electron chi connectivity index (χ0n) is 9.89. The molecular formula is C12H16ClFN2O. The van der Waals surface area contributed by atoms with Gasteiger partial charge in [-0.2, -0.15) is 0 Å². The monoisotopic (exact) mass is 258 g/mol. The van der Waals surface area contributed by atoms with Crippen molar-refractivity contribution in [3.63, 3.8) is 0 Å². The van der Waals surface area contributed by atoms with Gasteiger partial charge in [-0.25, -0.2) is 4.39 Å². The predicted molar refractivity (Wildman–Crippen MR) is 66.5 cm³/mol. The summed E-state index contributed by atoms with van der Waals surface area (Å²) in [5, 5.41) is 6.07. The van der Waals surface area contributed by atoms with Crippen LogP contribution in [-0.4, -0.2) is 19.0 Å². The zero-order chi connectivity index (χ0) is 12.8. The lowest BCUT2D eigenvalue weighted by molar-refractivity contribution is -0.120. The number of likely N-dealkylation sites (N-methyl/N-ethyl adjacent to an activating group) is 1. The number of hydrogen-bond acceptors (Lipinski definition) is 2. The van der Waals surface area contributed by atoms with Crippen molar-refractivity contribution in [3.05, 3.63) is 34.6 Å². The molecule has 0 bridgehead atoms. The Bertz CT molecular complexity index is 398. The van der Waals surface area contributed by atoms with Gasteiger partial charge in [-0.15, -0.1) is 0 Å². The van der Waals surface area contributed by atoms with E-state index in [1.807, 2.05) is 13.8 Å². The largest absolute Gasteiger partial charge is 0.355 e. The maximum Gasteiger partial charge on any atom is 0.233 e. The van der Waals surface area contributed by atoms with Crippen molar-refractivity contribution in [1.82, 2.24) is 10.6 Å². The van der Waals surface area contributed by atoms with Gasteiger partial charge in [-0.05, 0) is 31.5 Å². The molecule has 17 heavy (non-hydrogen) atoms. The number of carbonyl (C=O) groups is 1. The van der Waals surface area contributed by atoms with E-state index in [0.29, 0.717) is 11.6 Å². The van der Waals surface area contributed by atoms with E-state index in [4.69, 9.17) is 11.6 Å². The van der Waals surface area contributed by atoms with Crippen LogP contribution in [0, 0.1) is 5.82 Å². The standard InChI is InChI=1S/C12H16ClFN2O/c1-3-15-12(17)7-16-8(2)10-5-4-9(14)6-11(10)13/h4-6,8,16H,3,7H2,1-2H3,(H,15,17). The molecule has 0 aliphatic carbocycles. The van der Waals surface area contributed by atoms with E-state index in [1.54, 1.807) is 6.07 Å². The van der Waals surface area contributed by atoms with Crippen molar-refractivity contribution in [2.75, 3.05) is 13.1 Å². The molecule has 1 rings (SSSR count). The number of rotatable bonds is 5. The van der Waals surface area contributed by atoms with E-state index in [0.717, 1.165) is 5.56 Å². The molecule has 1 aromatic rings. The number of halogens is 2. The van der Waals surface area contributed by atoms with Crippen LogP contribution in [-0.2, 0) is 4.79 Å². The van der Waals surface area contributed by atoms with Crippen LogP contribution in [0.5, 0.6) is 0 Å². The molecule has 0 aliphatic rings. The highest BCUT2D eigenvalue weighted by molar-refractivity contribution is 6.31. The van der Waals surface area contributed by atoms with Crippen molar-refractivity contribution in [2.24, 2.45) is 0 Å². The molecule has 94 valence electrons. The van der Waals surface area contributed by atoms with E-state index in [1.165, 1.54) is 12.1 Å². The lowest BCUT2D eigenvalue weighted by atomic mass is 10.1. The lowest BCUT2D eigenvalue weighted by Crippen LogP contribution is -2.34. The smallest absolute Gasteiger partial charge is 0.233 e. The number of hydrogen-bond donors (Lipinski definition) is 2. The first kappa shape index (κ1) is 13.9. The van der Waals surface area contributed by atoms with Gasteiger partial charge < -0.3 is 10.6 Å². The van der Waals surface area contributed by atoms with E-state index < -0.39 is 0 Å². The summed E-state index contributed by atoms with van der Waals surface area (Å²) in [6.45, 7) is 4.55. The Balaban J connectivity index is 2.57. The highest BCUT2D eigenvalue weighted by atomic mass is 35.5. The van der Waals surface area contributed by atoms with Crippen molar-refractivity contribution in [2.45, 2.75) is 19.9 Å². The fraction of sp³-hybridized carbons (Fsp3) is 0.417. The predicted octanol–water partition coefficient (Wildman–Crippen LogP) is 2.27. The topological polar surface area (TPSA) is 41.1 Å². The quantitative estimate of drug-likeness (QED) is 0.851. The van der Waals surface area contributed by atoms with Gasteiger partial charge in [0.1, 0.15) is 5.82 Å². The molecule has 1 atom stereocenters. The van der Waals surface area contributed by atoms with Gasteiger partial charge in [0.25, 0.3) is 0 Å². The molecule has 1 unspecified atom stereocenters. The van der Waals surface area contributed by atoms with Gasteiger partial charge in [0.2, 0.25) is 5.91 Å². The highest BCUT2D eigenvalue weighted by Crippen LogP contribution is 2.23. The Morgan fingerprint density at radius 2 is 2.24 bits per heavy atom. The summed E-state index contributed by atoms with van der Waals surface area (Å²) < 4.78 is 12.9. The molecule has 1 amide bonds. The molecule has 0 aliphatic heterocycles. The Hall–Kier alpha value is -1.13. The third kappa shape index (κ3) is 4.32. The number of nitrogens with one attached hydrogen (secondary N) is 2. The minimum Gasteiger partial charge on any atom is -0.355 e. The first-order valence-electron chi connectivity index (χ1n) is 5.49. The normalized spacial score (nSPS) is 12.2. The first-order valence-corrected chi connectivity index (χ1v) is 5.87. The van der Waals surface area contributed by atoms with Crippen LogP contribution in [0.4, 0.5) is 4.39 Å². The second-order valence-electron chi connectivity index (χ2n) is 3.72. The van der Waals surface area contributed by atoms with Crippen LogP contribution in [0.3, 0.4) is 0 Å². The molecule has 0 aromatic heterocycles. The van der Waals surface area contributed by atoms with Crippen LogP contribution >= 0.6 is 11.6 Å². The molecule has 1 aromatic carbocycles. The summed E-state index contributed by atoms with van der Waals surface area (Å²) in [6.07, 6.45) is 0. The molecule has 3 nitrogen and oxygen atoms in total. The van der Waals surface area contributed by atoms with E-state index >= 15 is 0 Å². The van der Waals surface area contributed by atoms with Crippen LogP contribution in [0.15, 0.2) is 18.2 Å². The maximum absolute atomic E-state index is 12.9. The zero-order valence-corrected chi connectivity index (χ0v) is 10.6. The molecule has 0 fully saturated rings. The van der Waals surface area contributed by atoms with Gasteiger partial charge in [-0.3, -0.25) is 4.79 Å². The van der Waals surface area contributed by atoms with Crippen molar-refractivity contribution >= 4 is 17.5 Å². The summed E-state index contributed by atoms with van der Waals surface area (Å²) >= 11 is 5.92. The molecule has 0 saturated carbocycles. The van der Waals surface area contributed by atoms with Crippen LogP contribution in [0.2, 0.25) is 5.02 Å². The second-order valence-corrected chi connectivity index (χ2v) is 4.13. The Labute approximate surface area is 105 Å². The minimum absolute atomic E-state index is 0.0717. The van der Waals surface area contributed by atoms with Gasteiger partial charge in [0.05, 0.1) is 6.54 Å². The average molecular weight is 259 g/mol. The SMILES string of the molecule is CCNC(=O)CNC(C)c1ccc(F)cc1Cl.